The number of benzene rings is 2. The van der Waals surface area contributed by atoms with Gasteiger partial charge in [-0.1, -0.05) is 37.5 Å². The second kappa shape index (κ2) is 8.25. The van der Waals surface area contributed by atoms with Gasteiger partial charge >= 0.3 is 0 Å². The number of carbonyl (C=O) groups is 2. The molecule has 0 radical (unpaired) electrons. The normalized spacial score (nSPS) is 19.1. The summed E-state index contributed by atoms with van der Waals surface area (Å²) in [7, 11) is 0. The number of amides is 2. The van der Waals surface area contributed by atoms with Gasteiger partial charge in [-0.3, -0.25) is 9.59 Å². The molecule has 1 fully saturated rings. The van der Waals surface area contributed by atoms with Crippen molar-refractivity contribution in [3.8, 4) is 11.5 Å². The van der Waals surface area contributed by atoms with Gasteiger partial charge in [-0.2, -0.15) is 0 Å². The summed E-state index contributed by atoms with van der Waals surface area (Å²) in [5.41, 5.74) is 2.92. The topological polar surface area (TPSA) is 67.9 Å². The quantitative estimate of drug-likeness (QED) is 0.804. The molecule has 162 valence electrons. The van der Waals surface area contributed by atoms with Crippen LogP contribution in [0.25, 0.3) is 0 Å². The van der Waals surface area contributed by atoms with Crippen LogP contribution in [0.1, 0.15) is 76.9 Å². The summed E-state index contributed by atoms with van der Waals surface area (Å²) >= 11 is 0. The second-order valence-corrected chi connectivity index (χ2v) is 8.66. The van der Waals surface area contributed by atoms with Crippen molar-refractivity contribution in [2.45, 2.75) is 57.7 Å². The van der Waals surface area contributed by atoms with Crippen molar-refractivity contribution in [1.29, 1.82) is 0 Å². The summed E-state index contributed by atoms with van der Waals surface area (Å²) in [6, 6.07) is 11.4. The lowest BCUT2D eigenvalue weighted by Crippen LogP contribution is -2.37. The molecule has 1 atom stereocenters. The van der Waals surface area contributed by atoms with E-state index in [2.05, 4.69) is 5.32 Å². The highest BCUT2D eigenvalue weighted by Crippen LogP contribution is 2.34. The number of nitrogens with zero attached hydrogens (tertiary/aromatic N) is 1. The van der Waals surface area contributed by atoms with Crippen molar-refractivity contribution < 1.29 is 19.1 Å². The van der Waals surface area contributed by atoms with Gasteiger partial charge in [0.05, 0.1) is 17.2 Å². The number of carbonyl (C=O) groups excluding carboxylic acids is 2. The molecule has 2 heterocycles. The van der Waals surface area contributed by atoms with Crippen LogP contribution < -0.4 is 14.8 Å². The lowest BCUT2D eigenvalue weighted by Gasteiger charge is -2.31. The van der Waals surface area contributed by atoms with E-state index in [0.29, 0.717) is 42.7 Å². The highest BCUT2D eigenvalue weighted by Gasteiger charge is 2.36. The van der Waals surface area contributed by atoms with Crippen LogP contribution in [-0.2, 0) is 6.54 Å². The van der Waals surface area contributed by atoms with Crippen molar-refractivity contribution in [3.63, 3.8) is 0 Å². The van der Waals surface area contributed by atoms with E-state index in [0.717, 1.165) is 29.7 Å². The predicted octanol–water partition coefficient (Wildman–Crippen LogP) is 4.24. The lowest BCUT2D eigenvalue weighted by molar-refractivity contribution is 0.0656. The Morgan fingerprint density at radius 2 is 1.84 bits per heavy atom. The summed E-state index contributed by atoms with van der Waals surface area (Å²) in [5, 5.41) is 3.06. The van der Waals surface area contributed by atoms with Crippen molar-refractivity contribution >= 4 is 11.8 Å². The lowest BCUT2D eigenvalue weighted by atomic mass is 9.94. The van der Waals surface area contributed by atoms with E-state index in [1.54, 1.807) is 6.07 Å². The molecule has 1 N–H and O–H groups in total. The standard InChI is InChI=1S/C25H28N2O4/c1-16(17-10-11-21-22(14-17)31-13-12-30-21)26-24(28)20-9-5-6-18-15-27(25(29)23(18)20)19-7-3-2-4-8-19/h5-6,9-11,14,16,19H,2-4,7-8,12-13,15H2,1H3,(H,26,28)/t16-/m0/s1. The highest BCUT2D eigenvalue weighted by molar-refractivity contribution is 6.09. The Balaban J connectivity index is 1.34. The first kappa shape index (κ1) is 19.9. The molecule has 1 aliphatic carbocycles. The van der Waals surface area contributed by atoms with Crippen LogP contribution in [0.4, 0.5) is 0 Å². The van der Waals surface area contributed by atoms with Crippen molar-refractivity contribution in [1.82, 2.24) is 10.2 Å². The fourth-order valence-electron chi connectivity index (χ4n) is 4.95. The minimum absolute atomic E-state index is 0.000340. The third-order valence-corrected chi connectivity index (χ3v) is 6.64. The van der Waals surface area contributed by atoms with Crippen molar-refractivity contribution in [2.24, 2.45) is 0 Å². The number of ether oxygens (including phenoxy) is 2. The van der Waals surface area contributed by atoms with Gasteiger partial charge in [0.1, 0.15) is 13.2 Å². The van der Waals surface area contributed by atoms with Crippen LogP contribution in [0.5, 0.6) is 11.5 Å². The molecule has 3 aliphatic rings. The minimum Gasteiger partial charge on any atom is -0.486 e. The molecule has 5 rings (SSSR count). The fraction of sp³-hybridized carbons (Fsp3) is 0.440. The summed E-state index contributed by atoms with van der Waals surface area (Å²) in [6.07, 6.45) is 5.71. The smallest absolute Gasteiger partial charge is 0.255 e. The van der Waals surface area contributed by atoms with Gasteiger partial charge in [0.15, 0.2) is 11.5 Å². The van der Waals surface area contributed by atoms with E-state index in [-0.39, 0.29) is 17.9 Å². The molecule has 31 heavy (non-hydrogen) atoms. The summed E-state index contributed by atoms with van der Waals surface area (Å²) in [6.45, 7) is 3.61. The maximum atomic E-state index is 13.3. The van der Waals surface area contributed by atoms with E-state index < -0.39 is 0 Å². The zero-order valence-electron chi connectivity index (χ0n) is 17.9. The molecule has 2 aromatic rings. The maximum absolute atomic E-state index is 13.3. The third kappa shape index (κ3) is 3.75. The Morgan fingerprint density at radius 1 is 1.06 bits per heavy atom. The molecule has 2 aliphatic heterocycles. The van der Waals surface area contributed by atoms with Gasteiger partial charge in [0.2, 0.25) is 0 Å². The van der Waals surface area contributed by atoms with Gasteiger partial charge in [0, 0.05) is 12.6 Å². The molecule has 6 nitrogen and oxygen atoms in total. The molecule has 2 aromatic carbocycles. The zero-order valence-corrected chi connectivity index (χ0v) is 17.9. The highest BCUT2D eigenvalue weighted by atomic mass is 16.6. The summed E-state index contributed by atoms with van der Waals surface area (Å²) < 4.78 is 11.2. The number of nitrogens with one attached hydrogen (secondary N) is 1. The Bertz CT molecular complexity index is 1010. The number of hydrogen-bond acceptors (Lipinski definition) is 4. The van der Waals surface area contributed by atoms with Gasteiger partial charge in [-0.25, -0.2) is 0 Å². The van der Waals surface area contributed by atoms with Crippen LogP contribution in [0, 0.1) is 0 Å². The van der Waals surface area contributed by atoms with Crippen LogP contribution in [0.3, 0.4) is 0 Å². The van der Waals surface area contributed by atoms with Crippen molar-refractivity contribution in [2.75, 3.05) is 13.2 Å². The maximum Gasteiger partial charge on any atom is 0.255 e. The molecule has 1 saturated carbocycles. The monoisotopic (exact) mass is 420 g/mol. The molecular formula is C25H28N2O4. The summed E-state index contributed by atoms with van der Waals surface area (Å²) in [5.74, 6) is 1.20. The average molecular weight is 421 g/mol. The molecule has 0 bridgehead atoms. The van der Waals surface area contributed by atoms with Crippen LogP contribution >= 0.6 is 0 Å². The zero-order chi connectivity index (χ0) is 21.4. The summed E-state index contributed by atoms with van der Waals surface area (Å²) in [4.78, 5) is 28.4. The number of rotatable bonds is 4. The second-order valence-electron chi connectivity index (χ2n) is 8.66. The molecule has 0 unspecified atom stereocenters. The molecule has 0 aromatic heterocycles. The third-order valence-electron chi connectivity index (χ3n) is 6.64. The first-order valence-electron chi connectivity index (χ1n) is 11.2. The SMILES string of the molecule is C[C@H](NC(=O)c1cccc2c1C(=O)N(C1CCCCC1)C2)c1ccc2c(c1)OCCO2. The van der Waals surface area contributed by atoms with E-state index in [1.807, 2.05) is 42.2 Å². The average Bonchev–Trinajstić information content (AvgIpc) is 3.16. The Morgan fingerprint density at radius 3 is 2.65 bits per heavy atom. The molecule has 0 saturated heterocycles. The molecule has 6 heteroatoms. The molecule has 2 amide bonds. The van der Waals surface area contributed by atoms with Gasteiger partial charge in [-0.15, -0.1) is 0 Å². The van der Waals surface area contributed by atoms with E-state index in [9.17, 15) is 9.59 Å². The van der Waals surface area contributed by atoms with Crippen molar-refractivity contribution in [3.05, 3.63) is 58.7 Å². The number of hydrogen-bond donors (Lipinski definition) is 1. The largest absolute Gasteiger partial charge is 0.486 e. The Kier molecular flexibility index (Phi) is 5.30. The van der Waals surface area contributed by atoms with E-state index >= 15 is 0 Å². The minimum atomic E-state index is -0.231. The number of fused-ring (bicyclic) bond motifs is 2. The Labute approximate surface area is 182 Å². The van der Waals surface area contributed by atoms with Crippen LogP contribution in [-0.4, -0.2) is 36.0 Å². The predicted molar refractivity (Wildman–Crippen MR) is 117 cm³/mol. The Hall–Kier alpha value is -3.02. The van der Waals surface area contributed by atoms with E-state index in [1.165, 1.54) is 19.3 Å². The van der Waals surface area contributed by atoms with Crippen LogP contribution in [0.15, 0.2) is 36.4 Å². The first-order chi connectivity index (χ1) is 15.1. The van der Waals surface area contributed by atoms with Crippen LogP contribution in [0.2, 0.25) is 0 Å². The van der Waals surface area contributed by atoms with Gasteiger partial charge < -0.3 is 19.7 Å². The fourth-order valence-corrected chi connectivity index (χ4v) is 4.95. The van der Waals surface area contributed by atoms with Gasteiger partial charge in [0.25, 0.3) is 11.8 Å². The van der Waals surface area contributed by atoms with Gasteiger partial charge in [-0.05, 0) is 49.1 Å². The molecular weight excluding hydrogens is 392 g/mol. The molecule has 0 spiro atoms. The first-order valence-corrected chi connectivity index (χ1v) is 11.2. The van der Waals surface area contributed by atoms with E-state index in [4.69, 9.17) is 9.47 Å².